The molecule has 1 N–H and O–H groups in total. The third-order valence-electron chi connectivity index (χ3n) is 5.82. The number of anilines is 2. The Kier molecular flexibility index (Phi) is 8.31. The molecular weight excluding hydrogens is 480 g/mol. The molecule has 196 valence electrons. The van der Waals surface area contributed by atoms with E-state index in [1.54, 1.807) is 26.2 Å². The number of carbonyl (C=O) groups excluding carboxylic acids is 1. The maximum absolute atomic E-state index is 12.9. The molecule has 1 aliphatic heterocycles. The molecule has 0 atom stereocenters. The fourth-order valence-corrected chi connectivity index (χ4v) is 4.09. The summed E-state index contributed by atoms with van der Waals surface area (Å²) >= 11 is 0. The maximum Gasteiger partial charge on any atom is 0.357 e. The number of nitrogens with zero attached hydrogens (tertiary/aromatic N) is 5. The van der Waals surface area contributed by atoms with E-state index >= 15 is 0 Å². The second-order valence-electron chi connectivity index (χ2n) is 8.39. The van der Waals surface area contributed by atoms with Gasteiger partial charge in [-0.3, -0.25) is 10.1 Å². The highest BCUT2D eigenvalue weighted by molar-refractivity contribution is 5.90. The predicted octanol–water partition coefficient (Wildman–Crippen LogP) is 3.22. The van der Waals surface area contributed by atoms with Crippen molar-refractivity contribution in [3.8, 4) is 17.1 Å². The first kappa shape index (κ1) is 26.0. The van der Waals surface area contributed by atoms with Crippen LogP contribution in [0.1, 0.15) is 23.0 Å². The summed E-state index contributed by atoms with van der Waals surface area (Å²) < 4.78 is 17.2. The first-order valence-corrected chi connectivity index (χ1v) is 12.0. The Labute approximate surface area is 214 Å². The summed E-state index contributed by atoms with van der Waals surface area (Å²) in [6.45, 7) is 6.32. The van der Waals surface area contributed by atoms with E-state index in [-0.39, 0.29) is 29.6 Å². The van der Waals surface area contributed by atoms with Crippen LogP contribution in [0.5, 0.6) is 0 Å². The minimum absolute atomic E-state index is 0.0588. The van der Waals surface area contributed by atoms with Gasteiger partial charge in [0.05, 0.1) is 37.0 Å². The number of carbonyl (C=O) groups is 1. The van der Waals surface area contributed by atoms with Crippen molar-refractivity contribution in [2.24, 2.45) is 0 Å². The number of pyridine rings is 1. The van der Waals surface area contributed by atoms with Crippen molar-refractivity contribution in [3.63, 3.8) is 0 Å². The van der Waals surface area contributed by atoms with Crippen LogP contribution in [0, 0.1) is 17.0 Å². The van der Waals surface area contributed by atoms with Crippen molar-refractivity contribution in [3.05, 3.63) is 57.8 Å². The van der Waals surface area contributed by atoms with Gasteiger partial charge in [-0.25, -0.2) is 14.5 Å². The van der Waals surface area contributed by atoms with Gasteiger partial charge >= 0.3 is 11.7 Å². The molecule has 0 saturated carbocycles. The number of rotatable bonds is 10. The predicted molar refractivity (Wildman–Crippen MR) is 138 cm³/mol. The lowest BCUT2D eigenvalue weighted by Crippen LogP contribution is -2.37. The SMILES string of the molecule is CCOC(=O)c1cc(-c2cccc(C)c2)nn1-c1cc(N2CCOCC2)c([N+](=O)[O-])c(NCCOC)n1. The number of morpholine rings is 1. The smallest absolute Gasteiger partial charge is 0.357 e. The number of nitrogens with one attached hydrogen (secondary N) is 1. The summed E-state index contributed by atoms with van der Waals surface area (Å²) in [7, 11) is 1.54. The van der Waals surface area contributed by atoms with Gasteiger partial charge in [-0.15, -0.1) is 0 Å². The number of ether oxygens (including phenoxy) is 3. The zero-order valence-electron chi connectivity index (χ0n) is 21.1. The number of aromatic nitrogens is 3. The minimum Gasteiger partial charge on any atom is -0.461 e. The fourth-order valence-electron chi connectivity index (χ4n) is 4.09. The lowest BCUT2D eigenvalue weighted by molar-refractivity contribution is -0.383. The number of hydrogen-bond donors (Lipinski definition) is 1. The second-order valence-corrected chi connectivity index (χ2v) is 8.39. The van der Waals surface area contributed by atoms with Gasteiger partial charge in [0.1, 0.15) is 5.69 Å². The highest BCUT2D eigenvalue weighted by atomic mass is 16.6. The summed E-state index contributed by atoms with van der Waals surface area (Å²) in [4.78, 5) is 31.1. The van der Waals surface area contributed by atoms with Crippen LogP contribution >= 0.6 is 0 Å². The molecule has 1 fully saturated rings. The van der Waals surface area contributed by atoms with Crippen molar-refractivity contribution >= 4 is 23.2 Å². The first-order valence-electron chi connectivity index (χ1n) is 12.0. The molecule has 3 aromatic rings. The highest BCUT2D eigenvalue weighted by Gasteiger charge is 2.30. The van der Waals surface area contributed by atoms with Crippen LogP contribution in [0.3, 0.4) is 0 Å². The average molecular weight is 511 g/mol. The normalized spacial score (nSPS) is 13.4. The van der Waals surface area contributed by atoms with E-state index in [9.17, 15) is 14.9 Å². The number of nitro groups is 1. The molecule has 0 aliphatic carbocycles. The molecule has 3 heterocycles. The van der Waals surface area contributed by atoms with Crippen molar-refractivity contribution in [1.82, 2.24) is 14.8 Å². The molecule has 1 aliphatic rings. The van der Waals surface area contributed by atoms with E-state index in [0.717, 1.165) is 11.1 Å². The zero-order valence-corrected chi connectivity index (χ0v) is 21.1. The van der Waals surface area contributed by atoms with Crippen molar-refractivity contribution in [2.75, 3.05) is 63.4 Å². The van der Waals surface area contributed by atoms with E-state index in [2.05, 4.69) is 15.4 Å². The molecule has 37 heavy (non-hydrogen) atoms. The molecule has 12 heteroatoms. The summed E-state index contributed by atoms with van der Waals surface area (Å²) in [5.74, 6) is -0.270. The van der Waals surface area contributed by atoms with Gasteiger partial charge in [0.2, 0.25) is 5.82 Å². The van der Waals surface area contributed by atoms with E-state index in [0.29, 0.717) is 50.8 Å². The Bertz CT molecular complexity index is 1270. The van der Waals surface area contributed by atoms with Crippen LogP contribution < -0.4 is 10.2 Å². The van der Waals surface area contributed by atoms with Gasteiger partial charge in [-0.1, -0.05) is 23.8 Å². The maximum atomic E-state index is 12.9. The monoisotopic (exact) mass is 510 g/mol. The van der Waals surface area contributed by atoms with Crippen molar-refractivity contribution in [2.45, 2.75) is 13.8 Å². The van der Waals surface area contributed by atoms with Gasteiger partial charge in [-0.2, -0.15) is 5.10 Å². The van der Waals surface area contributed by atoms with Gasteiger partial charge in [0.15, 0.2) is 11.5 Å². The molecule has 0 bridgehead atoms. The third-order valence-corrected chi connectivity index (χ3v) is 5.82. The molecule has 2 aromatic heterocycles. The van der Waals surface area contributed by atoms with Crippen LogP contribution in [0.2, 0.25) is 0 Å². The quantitative estimate of drug-likeness (QED) is 0.187. The number of hydrogen-bond acceptors (Lipinski definition) is 10. The largest absolute Gasteiger partial charge is 0.461 e. The molecule has 0 unspecified atom stereocenters. The van der Waals surface area contributed by atoms with E-state index < -0.39 is 10.9 Å². The molecule has 12 nitrogen and oxygen atoms in total. The summed E-state index contributed by atoms with van der Waals surface area (Å²) in [6.07, 6.45) is 0. The molecule has 1 saturated heterocycles. The first-order chi connectivity index (χ1) is 17.9. The fraction of sp³-hybridized carbons (Fsp3) is 0.400. The van der Waals surface area contributed by atoms with E-state index in [4.69, 9.17) is 14.2 Å². The minimum atomic E-state index is -0.573. The number of methoxy groups -OCH3 is 1. The van der Waals surface area contributed by atoms with Crippen LogP contribution in [-0.2, 0) is 14.2 Å². The Hall–Kier alpha value is -4.03. The van der Waals surface area contributed by atoms with Crippen molar-refractivity contribution in [1.29, 1.82) is 0 Å². The Balaban J connectivity index is 1.91. The van der Waals surface area contributed by atoms with Crippen molar-refractivity contribution < 1.29 is 23.9 Å². The van der Waals surface area contributed by atoms with E-state index in [1.807, 2.05) is 36.1 Å². The van der Waals surface area contributed by atoms with Crippen LogP contribution in [0.4, 0.5) is 17.2 Å². The average Bonchev–Trinajstić information content (AvgIpc) is 3.35. The lowest BCUT2D eigenvalue weighted by Gasteiger charge is -2.29. The molecule has 0 spiro atoms. The number of benzene rings is 1. The third kappa shape index (κ3) is 5.87. The zero-order chi connectivity index (χ0) is 26.4. The summed E-state index contributed by atoms with van der Waals surface area (Å²) in [5, 5.41) is 19.9. The molecule has 0 radical (unpaired) electrons. The highest BCUT2D eigenvalue weighted by Crippen LogP contribution is 2.37. The van der Waals surface area contributed by atoms with E-state index in [1.165, 1.54) is 4.68 Å². The number of esters is 1. The summed E-state index contributed by atoms with van der Waals surface area (Å²) in [5.41, 5.74) is 2.77. The molecule has 4 rings (SSSR count). The van der Waals surface area contributed by atoms with Crippen LogP contribution in [0.15, 0.2) is 36.4 Å². The molecule has 0 amide bonds. The molecule has 1 aromatic carbocycles. The topological polar surface area (TPSA) is 134 Å². The molecular formula is C25H30N6O6. The Morgan fingerprint density at radius 3 is 2.70 bits per heavy atom. The van der Waals surface area contributed by atoms with Gasteiger partial charge in [0.25, 0.3) is 0 Å². The number of aryl methyl sites for hydroxylation is 1. The van der Waals surface area contributed by atoms with Gasteiger partial charge in [-0.05, 0) is 26.0 Å². The Morgan fingerprint density at radius 1 is 1.24 bits per heavy atom. The lowest BCUT2D eigenvalue weighted by atomic mass is 10.1. The van der Waals surface area contributed by atoms with Crippen LogP contribution in [0.25, 0.3) is 17.1 Å². The summed E-state index contributed by atoms with van der Waals surface area (Å²) in [6, 6.07) is 11.0. The second kappa shape index (κ2) is 11.8. The van der Waals surface area contributed by atoms with Crippen LogP contribution in [-0.4, -0.2) is 78.8 Å². The Morgan fingerprint density at radius 2 is 2.03 bits per heavy atom. The standard InChI is InChI=1S/C25H30N6O6/c1-4-37-25(32)21-15-19(18-7-5-6-17(2)14-18)28-30(21)22-16-20(29-9-12-36-13-10-29)23(31(33)34)24(27-22)26-8-11-35-3/h5-7,14-16H,4,8-13H2,1-3H3,(H,26,27). The van der Waals surface area contributed by atoms with Gasteiger partial charge in [0, 0.05) is 38.4 Å². The van der Waals surface area contributed by atoms with Gasteiger partial charge < -0.3 is 24.4 Å².